The van der Waals surface area contributed by atoms with Gasteiger partial charge in [-0.2, -0.15) is 10.5 Å². The predicted octanol–water partition coefficient (Wildman–Crippen LogP) is 2.95. The van der Waals surface area contributed by atoms with Crippen molar-refractivity contribution < 1.29 is 0 Å². The molecule has 80 valence electrons. The number of rotatable bonds is 2. The summed E-state index contributed by atoms with van der Waals surface area (Å²) in [4.78, 5) is 3.01. The first-order valence-corrected chi connectivity index (χ1v) is 5.09. The Labute approximate surface area is 99.3 Å². The Bertz CT molecular complexity index is 605. The number of allylic oxidation sites excluding steroid dienone is 1. The molecule has 0 unspecified atom stereocenters. The lowest BCUT2D eigenvalue weighted by Crippen LogP contribution is -1.83. The predicted molar refractivity (Wildman–Crippen MR) is 65.4 cm³/mol. The first kappa shape index (κ1) is 10.7. The van der Waals surface area contributed by atoms with Crippen molar-refractivity contribution in [1.29, 1.82) is 10.5 Å². The minimum atomic E-state index is 0.567. The number of benzene rings is 1. The first-order chi connectivity index (χ1) is 8.33. The van der Waals surface area contributed by atoms with E-state index in [0.29, 0.717) is 11.1 Å². The fourth-order valence-electron chi connectivity index (χ4n) is 1.49. The molecule has 0 aliphatic rings. The van der Waals surface area contributed by atoms with Crippen LogP contribution in [0.3, 0.4) is 0 Å². The van der Waals surface area contributed by atoms with E-state index in [1.807, 2.05) is 18.2 Å². The van der Waals surface area contributed by atoms with E-state index in [1.54, 1.807) is 36.5 Å². The molecular weight excluding hydrogens is 210 g/mol. The van der Waals surface area contributed by atoms with Crippen LogP contribution in [0.4, 0.5) is 0 Å². The quantitative estimate of drug-likeness (QED) is 0.789. The fraction of sp³-hybridized carbons (Fsp3) is 0. The minimum absolute atomic E-state index is 0.567. The molecule has 0 saturated heterocycles. The Morgan fingerprint density at radius 3 is 2.41 bits per heavy atom. The maximum absolute atomic E-state index is 9.11. The molecule has 17 heavy (non-hydrogen) atoms. The first-order valence-electron chi connectivity index (χ1n) is 5.09. The van der Waals surface area contributed by atoms with Gasteiger partial charge in [0, 0.05) is 11.9 Å². The second-order valence-electron chi connectivity index (χ2n) is 3.48. The molecule has 3 nitrogen and oxygen atoms in total. The van der Waals surface area contributed by atoms with Gasteiger partial charge in [0.25, 0.3) is 0 Å². The van der Waals surface area contributed by atoms with E-state index < -0.39 is 0 Å². The summed E-state index contributed by atoms with van der Waals surface area (Å²) in [7, 11) is 0. The third-order valence-corrected chi connectivity index (χ3v) is 2.37. The van der Waals surface area contributed by atoms with Gasteiger partial charge in [0.2, 0.25) is 0 Å². The largest absolute Gasteiger partial charge is 0.362 e. The van der Waals surface area contributed by atoms with Crippen molar-refractivity contribution in [2.45, 2.75) is 0 Å². The van der Waals surface area contributed by atoms with Gasteiger partial charge in [0.1, 0.15) is 0 Å². The monoisotopic (exact) mass is 219 g/mol. The summed E-state index contributed by atoms with van der Waals surface area (Å²) in [5, 5.41) is 17.8. The SMILES string of the molecule is N#C/C(=C\c1ccc[nH]1)c1ccc(C#N)cc1. The van der Waals surface area contributed by atoms with Crippen LogP contribution in [0.5, 0.6) is 0 Å². The lowest BCUT2D eigenvalue weighted by molar-refractivity contribution is 1.38. The number of H-pyrrole nitrogens is 1. The summed E-state index contributed by atoms with van der Waals surface area (Å²) >= 11 is 0. The van der Waals surface area contributed by atoms with Gasteiger partial charge in [0.05, 0.1) is 23.3 Å². The Morgan fingerprint density at radius 2 is 1.88 bits per heavy atom. The number of nitrogens with one attached hydrogen (secondary N) is 1. The number of nitriles is 2. The number of nitrogens with zero attached hydrogens (tertiary/aromatic N) is 2. The van der Waals surface area contributed by atoms with E-state index in [4.69, 9.17) is 10.5 Å². The van der Waals surface area contributed by atoms with E-state index in [-0.39, 0.29) is 0 Å². The Hall–Kier alpha value is -2.78. The van der Waals surface area contributed by atoms with Crippen LogP contribution in [0.1, 0.15) is 16.8 Å². The van der Waals surface area contributed by atoms with Crippen molar-refractivity contribution >= 4 is 11.6 Å². The van der Waals surface area contributed by atoms with Gasteiger partial charge in [-0.3, -0.25) is 0 Å². The number of hydrogen-bond donors (Lipinski definition) is 1. The topological polar surface area (TPSA) is 63.4 Å². The Kier molecular flexibility index (Phi) is 3.05. The summed E-state index contributed by atoms with van der Waals surface area (Å²) in [6.07, 6.45) is 3.58. The minimum Gasteiger partial charge on any atom is -0.362 e. The van der Waals surface area contributed by atoms with E-state index in [0.717, 1.165) is 11.3 Å². The second kappa shape index (κ2) is 4.83. The van der Waals surface area contributed by atoms with E-state index >= 15 is 0 Å². The fourth-order valence-corrected chi connectivity index (χ4v) is 1.49. The molecule has 0 aliphatic carbocycles. The third kappa shape index (κ3) is 2.42. The smallest absolute Gasteiger partial charge is 0.0998 e. The molecule has 1 heterocycles. The average Bonchev–Trinajstić information content (AvgIpc) is 2.89. The normalized spacial score (nSPS) is 10.6. The molecular formula is C14H9N3. The van der Waals surface area contributed by atoms with Gasteiger partial charge < -0.3 is 4.98 Å². The molecule has 1 aromatic heterocycles. The van der Waals surface area contributed by atoms with Crippen LogP contribution in [0.15, 0.2) is 42.6 Å². The average molecular weight is 219 g/mol. The Balaban J connectivity index is 2.37. The molecule has 2 aromatic rings. The molecule has 0 saturated carbocycles. The lowest BCUT2D eigenvalue weighted by Gasteiger charge is -1.98. The second-order valence-corrected chi connectivity index (χ2v) is 3.48. The highest BCUT2D eigenvalue weighted by atomic mass is 14.7. The van der Waals surface area contributed by atoms with Crippen LogP contribution < -0.4 is 0 Å². The van der Waals surface area contributed by atoms with Crippen LogP contribution in [-0.4, -0.2) is 4.98 Å². The van der Waals surface area contributed by atoms with Crippen LogP contribution in [-0.2, 0) is 0 Å². The summed E-state index contributed by atoms with van der Waals surface area (Å²) < 4.78 is 0. The van der Waals surface area contributed by atoms with Crippen molar-refractivity contribution in [1.82, 2.24) is 4.98 Å². The maximum atomic E-state index is 9.11. The van der Waals surface area contributed by atoms with Crippen LogP contribution in [0.2, 0.25) is 0 Å². The van der Waals surface area contributed by atoms with Gasteiger partial charge in [-0.25, -0.2) is 0 Å². The summed E-state index contributed by atoms with van der Waals surface area (Å²) in [5.74, 6) is 0. The van der Waals surface area contributed by atoms with Gasteiger partial charge in [-0.15, -0.1) is 0 Å². The molecule has 2 rings (SSSR count). The van der Waals surface area contributed by atoms with Crippen molar-refractivity contribution in [2.24, 2.45) is 0 Å². The van der Waals surface area contributed by atoms with Crippen LogP contribution >= 0.6 is 0 Å². The van der Waals surface area contributed by atoms with E-state index in [2.05, 4.69) is 11.1 Å². The molecule has 3 heteroatoms. The van der Waals surface area contributed by atoms with E-state index in [9.17, 15) is 0 Å². The van der Waals surface area contributed by atoms with Crippen LogP contribution in [0.25, 0.3) is 11.6 Å². The molecule has 0 bridgehead atoms. The zero-order chi connectivity index (χ0) is 12.1. The highest BCUT2D eigenvalue weighted by Crippen LogP contribution is 2.17. The highest BCUT2D eigenvalue weighted by Gasteiger charge is 2.01. The number of hydrogen-bond acceptors (Lipinski definition) is 2. The van der Waals surface area contributed by atoms with Crippen molar-refractivity contribution in [2.75, 3.05) is 0 Å². The van der Waals surface area contributed by atoms with Crippen molar-refractivity contribution in [3.8, 4) is 12.1 Å². The molecule has 1 N–H and O–H groups in total. The van der Waals surface area contributed by atoms with Gasteiger partial charge in [-0.1, -0.05) is 12.1 Å². The molecule has 0 fully saturated rings. The highest BCUT2D eigenvalue weighted by molar-refractivity contribution is 5.89. The number of aromatic amines is 1. The van der Waals surface area contributed by atoms with Crippen molar-refractivity contribution in [3.05, 3.63) is 59.4 Å². The summed E-state index contributed by atoms with van der Waals surface area (Å²) in [6.45, 7) is 0. The summed E-state index contributed by atoms with van der Waals surface area (Å²) in [6, 6.07) is 14.9. The standard InChI is InChI=1S/C14H9N3/c15-9-11-3-5-12(6-4-11)13(10-16)8-14-2-1-7-17-14/h1-8,17H/b13-8+. The maximum Gasteiger partial charge on any atom is 0.0998 e. The number of aromatic nitrogens is 1. The van der Waals surface area contributed by atoms with E-state index in [1.165, 1.54) is 0 Å². The van der Waals surface area contributed by atoms with Gasteiger partial charge >= 0.3 is 0 Å². The molecule has 0 radical (unpaired) electrons. The molecule has 0 aliphatic heterocycles. The molecule has 0 atom stereocenters. The molecule has 0 spiro atoms. The lowest BCUT2D eigenvalue weighted by atomic mass is 10.0. The third-order valence-electron chi connectivity index (χ3n) is 2.37. The van der Waals surface area contributed by atoms with Gasteiger partial charge in [-0.05, 0) is 35.9 Å². The zero-order valence-electron chi connectivity index (χ0n) is 9.01. The van der Waals surface area contributed by atoms with Gasteiger partial charge in [0.15, 0.2) is 0 Å². The molecule has 0 amide bonds. The van der Waals surface area contributed by atoms with Crippen LogP contribution in [0, 0.1) is 22.7 Å². The van der Waals surface area contributed by atoms with Crippen molar-refractivity contribution in [3.63, 3.8) is 0 Å². The Morgan fingerprint density at radius 1 is 1.12 bits per heavy atom. The zero-order valence-corrected chi connectivity index (χ0v) is 9.01. The summed E-state index contributed by atoms with van der Waals surface area (Å²) in [5.41, 5.74) is 2.84. The molecule has 1 aromatic carbocycles.